The van der Waals surface area contributed by atoms with E-state index in [1.54, 1.807) is 6.92 Å². The van der Waals surface area contributed by atoms with Crippen LogP contribution in [-0.2, 0) is 17.8 Å². The SMILES string of the molecule is C[C@@H]1N=C(c2c(F)cccc2F)c2c(sc3c2COCCC3)-n2nc(C(=O)NC[C@@](C)(O)C(F)(F)F)nc21. The van der Waals surface area contributed by atoms with E-state index in [1.807, 2.05) is 5.32 Å². The van der Waals surface area contributed by atoms with Crippen LogP contribution in [0.15, 0.2) is 23.2 Å². The summed E-state index contributed by atoms with van der Waals surface area (Å²) in [6.07, 6.45) is -3.60. The van der Waals surface area contributed by atoms with Gasteiger partial charge in [0.15, 0.2) is 11.4 Å². The first kappa shape index (κ1) is 26.4. The highest BCUT2D eigenvalue weighted by atomic mass is 32.1. The summed E-state index contributed by atoms with van der Waals surface area (Å²) in [5.41, 5.74) is -2.31. The van der Waals surface area contributed by atoms with Gasteiger partial charge >= 0.3 is 6.18 Å². The summed E-state index contributed by atoms with van der Waals surface area (Å²) in [6.45, 7) is 1.71. The molecular weight excluding hydrogens is 533 g/mol. The molecule has 5 rings (SSSR count). The fraction of sp³-hybridized carbons (Fsp3) is 0.417. The van der Waals surface area contributed by atoms with E-state index in [2.05, 4.69) is 15.1 Å². The number of ether oxygens (including phenoxy) is 1. The molecule has 0 fully saturated rings. The van der Waals surface area contributed by atoms with Crippen LogP contribution in [0.1, 0.15) is 64.3 Å². The van der Waals surface area contributed by atoms with Crippen molar-refractivity contribution in [2.24, 2.45) is 4.99 Å². The van der Waals surface area contributed by atoms with E-state index in [-0.39, 0.29) is 23.7 Å². The van der Waals surface area contributed by atoms with Crippen LogP contribution < -0.4 is 5.32 Å². The molecule has 0 spiro atoms. The summed E-state index contributed by atoms with van der Waals surface area (Å²) in [7, 11) is 0. The average Bonchev–Trinajstić information content (AvgIpc) is 3.33. The lowest BCUT2D eigenvalue weighted by Gasteiger charge is -2.25. The number of hydrogen-bond acceptors (Lipinski definition) is 7. The first-order valence-corrected chi connectivity index (χ1v) is 12.5. The maximum absolute atomic E-state index is 15.0. The van der Waals surface area contributed by atoms with Crippen LogP contribution in [-0.4, -0.2) is 56.4 Å². The Morgan fingerprint density at radius 2 is 1.97 bits per heavy atom. The molecule has 0 unspecified atom stereocenters. The van der Waals surface area contributed by atoms with Crippen molar-refractivity contribution >= 4 is 23.0 Å². The number of amides is 1. The summed E-state index contributed by atoms with van der Waals surface area (Å²) in [5, 5.41) is 16.3. The van der Waals surface area contributed by atoms with Crippen molar-refractivity contribution in [3.8, 4) is 5.00 Å². The minimum Gasteiger partial charge on any atom is -0.379 e. The normalized spacial score (nSPS) is 18.8. The number of aliphatic imine (C=N–C) groups is 1. The molecule has 2 aliphatic rings. The Kier molecular flexibility index (Phi) is 6.60. The molecule has 2 aliphatic heterocycles. The number of benzene rings is 1. The summed E-state index contributed by atoms with van der Waals surface area (Å²) < 4.78 is 76.0. The van der Waals surface area contributed by atoms with Crippen molar-refractivity contribution in [1.29, 1.82) is 0 Å². The van der Waals surface area contributed by atoms with Crippen LogP contribution in [0.3, 0.4) is 0 Å². The third-order valence-electron chi connectivity index (χ3n) is 6.38. The predicted octanol–water partition coefficient (Wildman–Crippen LogP) is 4.02. The van der Waals surface area contributed by atoms with Gasteiger partial charge in [0, 0.05) is 22.6 Å². The van der Waals surface area contributed by atoms with Crippen molar-refractivity contribution in [2.45, 2.75) is 51.1 Å². The van der Waals surface area contributed by atoms with Gasteiger partial charge in [-0.15, -0.1) is 16.4 Å². The highest BCUT2D eigenvalue weighted by molar-refractivity contribution is 7.15. The van der Waals surface area contributed by atoms with Crippen molar-refractivity contribution in [2.75, 3.05) is 13.2 Å². The van der Waals surface area contributed by atoms with E-state index in [0.29, 0.717) is 36.1 Å². The van der Waals surface area contributed by atoms with Crippen LogP contribution in [0.2, 0.25) is 0 Å². The molecule has 38 heavy (non-hydrogen) atoms. The van der Waals surface area contributed by atoms with Crippen LogP contribution in [0, 0.1) is 11.6 Å². The predicted molar refractivity (Wildman–Crippen MR) is 127 cm³/mol. The molecule has 2 aromatic heterocycles. The van der Waals surface area contributed by atoms with Gasteiger partial charge < -0.3 is 15.2 Å². The number of fused-ring (bicyclic) bond motifs is 5. The van der Waals surface area contributed by atoms with E-state index in [0.717, 1.165) is 23.4 Å². The molecule has 2 atom stereocenters. The number of aliphatic hydroxyl groups is 1. The van der Waals surface area contributed by atoms with Crippen molar-refractivity contribution in [3.63, 3.8) is 0 Å². The zero-order valence-electron chi connectivity index (χ0n) is 20.2. The third-order valence-corrected chi connectivity index (χ3v) is 7.64. The zero-order chi connectivity index (χ0) is 27.4. The molecule has 202 valence electrons. The molecule has 1 amide bonds. The number of thiophene rings is 1. The first-order valence-electron chi connectivity index (χ1n) is 11.7. The van der Waals surface area contributed by atoms with Crippen molar-refractivity contribution in [3.05, 3.63) is 63.0 Å². The van der Waals surface area contributed by atoms with E-state index in [4.69, 9.17) is 4.74 Å². The summed E-state index contributed by atoms with van der Waals surface area (Å²) >= 11 is 1.30. The van der Waals surface area contributed by atoms with Gasteiger partial charge in [0.2, 0.25) is 5.82 Å². The summed E-state index contributed by atoms with van der Waals surface area (Å²) in [4.78, 5) is 22.4. The topological polar surface area (TPSA) is 102 Å². The van der Waals surface area contributed by atoms with Gasteiger partial charge in [0.1, 0.15) is 22.7 Å². The highest BCUT2D eigenvalue weighted by Crippen LogP contribution is 2.41. The molecule has 14 heteroatoms. The molecular formula is C24H22F5N5O3S. The lowest BCUT2D eigenvalue weighted by atomic mass is 9.97. The van der Waals surface area contributed by atoms with Gasteiger partial charge in [-0.3, -0.25) is 9.79 Å². The lowest BCUT2D eigenvalue weighted by molar-refractivity contribution is -0.249. The number of carbonyl (C=O) groups excluding carboxylic acids is 1. The van der Waals surface area contributed by atoms with Gasteiger partial charge in [-0.25, -0.2) is 18.4 Å². The number of carbonyl (C=O) groups is 1. The molecule has 4 heterocycles. The molecule has 0 saturated heterocycles. The molecule has 0 saturated carbocycles. The molecule has 8 nitrogen and oxygen atoms in total. The van der Waals surface area contributed by atoms with E-state index in [1.165, 1.54) is 22.1 Å². The zero-order valence-corrected chi connectivity index (χ0v) is 21.0. The van der Waals surface area contributed by atoms with Gasteiger partial charge in [0.25, 0.3) is 5.91 Å². The van der Waals surface area contributed by atoms with Gasteiger partial charge in [-0.05, 0) is 38.8 Å². The van der Waals surface area contributed by atoms with E-state index < -0.39 is 47.7 Å². The Morgan fingerprint density at radius 3 is 2.66 bits per heavy atom. The number of rotatable bonds is 4. The monoisotopic (exact) mass is 555 g/mol. The quantitative estimate of drug-likeness (QED) is 0.474. The smallest absolute Gasteiger partial charge is 0.379 e. The Bertz CT molecular complexity index is 1430. The Hall–Kier alpha value is -3.23. The van der Waals surface area contributed by atoms with Crippen LogP contribution >= 0.6 is 11.3 Å². The maximum Gasteiger partial charge on any atom is 0.418 e. The third kappa shape index (κ3) is 4.50. The minimum absolute atomic E-state index is 0.0608. The number of aromatic nitrogens is 3. The second kappa shape index (κ2) is 9.50. The lowest BCUT2D eigenvalue weighted by Crippen LogP contribution is -2.51. The van der Waals surface area contributed by atoms with Crippen LogP contribution in [0.25, 0.3) is 5.00 Å². The Morgan fingerprint density at radius 1 is 1.26 bits per heavy atom. The van der Waals surface area contributed by atoms with E-state index in [9.17, 15) is 31.9 Å². The van der Waals surface area contributed by atoms with Crippen LogP contribution in [0.4, 0.5) is 22.0 Å². The number of halogens is 5. The number of hydrogen-bond donors (Lipinski definition) is 2. The fourth-order valence-electron chi connectivity index (χ4n) is 4.26. The Balaban J connectivity index is 1.62. The second-order valence-corrected chi connectivity index (χ2v) is 10.3. The van der Waals surface area contributed by atoms with Crippen molar-refractivity contribution < 1.29 is 36.6 Å². The van der Waals surface area contributed by atoms with E-state index >= 15 is 0 Å². The first-order chi connectivity index (χ1) is 17.9. The summed E-state index contributed by atoms with van der Waals surface area (Å²) in [5.74, 6) is -2.93. The number of nitrogens with one attached hydrogen (secondary N) is 1. The molecule has 2 N–H and O–H groups in total. The molecule has 1 aromatic carbocycles. The van der Waals surface area contributed by atoms with Crippen LogP contribution in [0.5, 0.6) is 0 Å². The molecule has 0 radical (unpaired) electrons. The number of aryl methyl sites for hydroxylation is 1. The van der Waals surface area contributed by atoms with Gasteiger partial charge in [-0.2, -0.15) is 13.2 Å². The maximum atomic E-state index is 15.0. The molecule has 0 aliphatic carbocycles. The average molecular weight is 556 g/mol. The second-order valence-electron chi connectivity index (χ2n) is 9.25. The highest BCUT2D eigenvalue weighted by Gasteiger charge is 2.50. The van der Waals surface area contributed by atoms with Crippen molar-refractivity contribution in [1.82, 2.24) is 20.1 Å². The number of alkyl halides is 3. The summed E-state index contributed by atoms with van der Waals surface area (Å²) in [6, 6.07) is 2.68. The minimum atomic E-state index is -4.97. The molecule has 0 bridgehead atoms. The fourth-order valence-corrected chi connectivity index (χ4v) is 5.56. The largest absolute Gasteiger partial charge is 0.418 e. The Labute approximate surface area is 217 Å². The number of nitrogens with zero attached hydrogens (tertiary/aromatic N) is 4. The van der Waals surface area contributed by atoms with Gasteiger partial charge in [0.05, 0.1) is 24.4 Å². The molecule has 3 aromatic rings. The van der Waals surface area contributed by atoms with Gasteiger partial charge in [-0.1, -0.05) is 6.07 Å². The standard InChI is InChI=1S/C24H22F5N5O3S/c1-11-20-32-19(21(35)30-10-23(2,36)24(27,28)29)33-34(20)22-16(12-9-37-8-4-7-15(12)38-22)18(31-11)17-13(25)5-3-6-14(17)26/h3,5-6,11,36H,4,7-10H2,1-2H3,(H,30,35)/t11-,23+/m0/s1.